The van der Waals surface area contributed by atoms with Crippen LogP contribution in [0.15, 0.2) is 24.3 Å². The van der Waals surface area contributed by atoms with Crippen LogP contribution in [0.2, 0.25) is 0 Å². The number of benzene rings is 1. The first-order chi connectivity index (χ1) is 10.9. The van der Waals surface area contributed by atoms with Crippen LogP contribution >= 0.6 is 0 Å². The molecular weight excluding hydrogens is 312 g/mol. The average molecular weight is 323 g/mol. The van der Waals surface area contributed by atoms with Crippen molar-refractivity contribution in [2.75, 3.05) is 16.8 Å². The zero-order chi connectivity index (χ0) is 16.6. The van der Waals surface area contributed by atoms with E-state index in [1.54, 1.807) is 13.0 Å². The largest absolute Gasteiger partial charge is 0.482 e. The summed E-state index contributed by atoms with van der Waals surface area (Å²) in [4.78, 5) is 28.3. The summed E-state index contributed by atoms with van der Waals surface area (Å²) in [5, 5.41) is 8.53. The zero-order valence-electron chi connectivity index (χ0n) is 11.8. The molecule has 0 bridgehead atoms. The van der Waals surface area contributed by atoms with E-state index in [1.165, 1.54) is 18.2 Å². The van der Waals surface area contributed by atoms with E-state index in [-0.39, 0.29) is 17.4 Å². The van der Waals surface area contributed by atoms with Gasteiger partial charge in [-0.15, -0.1) is 5.10 Å². The summed E-state index contributed by atoms with van der Waals surface area (Å²) in [6.07, 6.45) is -4.03. The number of carbonyl (C=O) groups is 2. The molecule has 1 aromatic carbocycles. The monoisotopic (exact) mass is 323 g/mol. The number of H-pyrrole nitrogens is 1. The van der Waals surface area contributed by atoms with E-state index in [0.29, 0.717) is 10.7 Å². The molecule has 2 aromatic rings. The summed E-state index contributed by atoms with van der Waals surface area (Å²) in [5.74, 6) is -2.05. The standard InChI is InChI=1S/C13H11F2N5O3/c1-7-16-12(19-18-7)17-10(21)6-20-8-4-2-3-5-9(8)23-13(14,15)11(20)22/h2-5H,6H2,1H3,(H2,16,17,18,19,21). The minimum Gasteiger partial charge on any atom is -0.423 e. The number of hydrogen-bond donors (Lipinski definition) is 2. The van der Waals surface area contributed by atoms with E-state index >= 15 is 0 Å². The molecule has 1 aromatic heterocycles. The maximum atomic E-state index is 13.6. The van der Waals surface area contributed by atoms with Crippen molar-refractivity contribution in [2.45, 2.75) is 13.0 Å². The van der Waals surface area contributed by atoms with E-state index < -0.39 is 24.5 Å². The molecule has 0 unspecified atom stereocenters. The third-order valence-corrected chi connectivity index (χ3v) is 3.04. The van der Waals surface area contributed by atoms with Crippen LogP contribution in [0, 0.1) is 6.92 Å². The Morgan fingerprint density at radius 2 is 2.17 bits per heavy atom. The van der Waals surface area contributed by atoms with Gasteiger partial charge in [0.15, 0.2) is 5.75 Å². The molecule has 2 amide bonds. The summed E-state index contributed by atoms with van der Waals surface area (Å²) >= 11 is 0. The van der Waals surface area contributed by atoms with E-state index in [4.69, 9.17) is 0 Å². The van der Waals surface area contributed by atoms with Crippen molar-refractivity contribution in [1.29, 1.82) is 0 Å². The number of alkyl halides is 2. The maximum absolute atomic E-state index is 13.6. The summed E-state index contributed by atoms with van der Waals surface area (Å²) in [6.45, 7) is 1.01. The molecule has 8 nitrogen and oxygen atoms in total. The fourth-order valence-electron chi connectivity index (χ4n) is 2.08. The number of aryl methyl sites for hydroxylation is 1. The molecule has 2 N–H and O–H groups in total. The van der Waals surface area contributed by atoms with Gasteiger partial charge in [-0.2, -0.15) is 13.8 Å². The maximum Gasteiger partial charge on any atom is 0.482 e. The highest BCUT2D eigenvalue weighted by Crippen LogP contribution is 2.38. The van der Waals surface area contributed by atoms with Crippen molar-refractivity contribution >= 4 is 23.5 Å². The van der Waals surface area contributed by atoms with Crippen LogP contribution in [0.4, 0.5) is 20.4 Å². The first-order valence-electron chi connectivity index (χ1n) is 6.53. The quantitative estimate of drug-likeness (QED) is 0.880. The van der Waals surface area contributed by atoms with Crippen LogP contribution in [0.25, 0.3) is 0 Å². The fourth-order valence-corrected chi connectivity index (χ4v) is 2.08. The fraction of sp³-hybridized carbons (Fsp3) is 0.231. The highest BCUT2D eigenvalue weighted by atomic mass is 19.3. The second kappa shape index (κ2) is 5.30. The van der Waals surface area contributed by atoms with Crippen LogP contribution in [-0.4, -0.2) is 39.6 Å². The van der Waals surface area contributed by atoms with E-state index in [0.717, 1.165) is 0 Å². The molecular formula is C13H11F2N5O3. The molecule has 1 aliphatic heterocycles. The van der Waals surface area contributed by atoms with Gasteiger partial charge in [0.25, 0.3) is 0 Å². The third-order valence-electron chi connectivity index (χ3n) is 3.04. The van der Waals surface area contributed by atoms with Gasteiger partial charge < -0.3 is 4.74 Å². The first kappa shape index (κ1) is 14.9. The molecule has 0 radical (unpaired) electrons. The van der Waals surface area contributed by atoms with E-state index in [9.17, 15) is 18.4 Å². The van der Waals surface area contributed by atoms with Crippen molar-refractivity contribution in [2.24, 2.45) is 0 Å². The normalized spacial score (nSPS) is 15.8. The third kappa shape index (κ3) is 2.82. The lowest BCUT2D eigenvalue weighted by Gasteiger charge is -2.32. The number of rotatable bonds is 3. The predicted octanol–water partition coefficient (Wildman–Crippen LogP) is 1.07. The predicted molar refractivity (Wildman–Crippen MR) is 74.1 cm³/mol. The number of nitrogens with one attached hydrogen (secondary N) is 2. The number of para-hydroxylation sites is 2. The Hall–Kier alpha value is -3.04. The van der Waals surface area contributed by atoms with Gasteiger partial charge >= 0.3 is 12.0 Å². The number of anilines is 2. The molecule has 0 aliphatic carbocycles. The lowest BCUT2D eigenvalue weighted by molar-refractivity contribution is -0.192. The molecule has 0 spiro atoms. The van der Waals surface area contributed by atoms with Crippen LogP contribution in [0.1, 0.15) is 5.82 Å². The summed E-state index contributed by atoms with van der Waals surface area (Å²) in [6, 6.07) is 5.73. The molecule has 0 atom stereocenters. The summed E-state index contributed by atoms with van der Waals surface area (Å²) < 4.78 is 31.6. The van der Waals surface area contributed by atoms with E-state index in [1.807, 2.05) is 0 Å². The highest BCUT2D eigenvalue weighted by molar-refractivity contribution is 6.06. The van der Waals surface area contributed by atoms with Gasteiger partial charge in [-0.25, -0.2) is 0 Å². The second-order valence-electron chi connectivity index (χ2n) is 4.77. The number of halogens is 2. The van der Waals surface area contributed by atoms with Crippen molar-refractivity contribution in [3.8, 4) is 5.75 Å². The van der Waals surface area contributed by atoms with Crippen molar-refractivity contribution in [1.82, 2.24) is 15.2 Å². The summed E-state index contributed by atoms with van der Waals surface area (Å²) in [5.41, 5.74) is 0.0877. The van der Waals surface area contributed by atoms with Crippen molar-refractivity contribution in [3.05, 3.63) is 30.1 Å². The Balaban J connectivity index is 1.83. The Morgan fingerprint density at radius 3 is 2.87 bits per heavy atom. The molecule has 0 saturated heterocycles. The second-order valence-corrected chi connectivity index (χ2v) is 4.77. The number of nitrogens with zero attached hydrogens (tertiary/aromatic N) is 3. The Kier molecular flexibility index (Phi) is 3.43. The van der Waals surface area contributed by atoms with E-state index in [2.05, 4.69) is 25.2 Å². The lowest BCUT2D eigenvalue weighted by atomic mass is 10.2. The zero-order valence-corrected chi connectivity index (χ0v) is 11.8. The number of carbonyl (C=O) groups excluding carboxylic acids is 2. The Morgan fingerprint density at radius 1 is 1.43 bits per heavy atom. The molecule has 23 heavy (non-hydrogen) atoms. The highest BCUT2D eigenvalue weighted by Gasteiger charge is 2.50. The first-order valence-corrected chi connectivity index (χ1v) is 6.53. The topological polar surface area (TPSA) is 100 Å². The number of amides is 2. The molecule has 2 heterocycles. The van der Waals surface area contributed by atoms with Crippen molar-refractivity contribution < 1.29 is 23.1 Å². The van der Waals surface area contributed by atoms with Gasteiger partial charge in [0.05, 0.1) is 5.69 Å². The number of ether oxygens (including phenoxy) is 1. The van der Waals surface area contributed by atoms with Crippen LogP contribution < -0.4 is 15.0 Å². The van der Waals surface area contributed by atoms with Gasteiger partial charge in [0, 0.05) is 0 Å². The molecule has 1 aliphatic rings. The van der Waals surface area contributed by atoms with Crippen LogP contribution in [0.3, 0.4) is 0 Å². The summed E-state index contributed by atoms with van der Waals surface area (Å²) in [7, 11) is 0. The van der Waals surface area contributed by atoms with Gasteiger partial charge in [-0.05, 0) is 19.1 Å². The number of hydrogen-bond acceptors (Lipinski definition) is 5. The minimum atomic E-state index is -4.03. The lowest BCUT2D eigenvalue weighted by Crippen LogP contribution is -2.52. The van der Waals surface area contributed by atoms with Crippen LogP contribution in [-0.2, 0) is 9.59 Å². The van der Waals surface area contributed by atoms with Gasteiger partial charge in [-0.3, -0.25) is 24.9 Å². The molecule has 10 heteroatoms. The Bertz CT molecular complexity index is 776. The molecule has 3 rings (SSSR count). The molecule has 0 fully saturated rings. The van der Waals surface area contributed by atoms with Gasteiger partial charge in [-0.1, -0.05) is 12.1 Å². The number of fused-ring (bicyclic) bond motifs is 1. The Labute approximate surface area is 128 Å². The SMILES string of the molecule is Cc1nc(NC(=O)CN2C(=O)C(F)(F)Oc3ccccc32)n[nH]1. The average Bonchev–Trinajstić information content (AvgIpc) is 2.88. The van der Waals surface area contributed by atoms with Gasteiger partial charge in [0.2, 0.25) is 11.9 Å². The van der Waals surface area contributed by atoms with Crippen LogP contribution in [0.5, 0.6) is 5.75 Å². The number of aromatic nitrogens is 3. The molecule has 120 valence electrons. The molecule has 0 saturated carbocycles. The van der Waals surface area contributed by atoms with Gasteiger partial charge in [0.1, 0.15) is 12.4 Å². The van der Waals surface area contributed by atoms with Crippen molar-refractivity contribution in [3.63, 3.8) is 0 Å². The number of aromatic amines is 1. The smallest absolute Gasteiger partial charge is 0.423 e. The minimum absolute atomic E-state index is 0.00625.